The van der Waals surface area contributed by atoms with E-state index in [4.69, 9.17) is 5.26 Å². The minimum atomic E-state index is -2.50. The van der Waals surface area contributed by atoms with E-state index in [2.05, 4.69) is 0 Å². The number of nitrogens with zero attached hydrogens (tertiary/aromatic N) is 1. The van der Waals surface area contributed by atoms with Gasteiger partial charge >= 0.3 is 0 Å². The zero-order chi connectivity index (χ0) is 8.32. The minimum Gasteiger partial charge on any atom is -0.207 e. The van der Waals surface area contributed by atoms with Gasteiger partial charge in [0.1, 0.15) is 0 Å². The average molecular weight is 157 g/mol. The predicted molar refractivity (Wildman–Crippen MR) is 37.0 cm³/mol. The molecule has 0 radical (unpaired) electrons. The van der Waals surface area contributed by atoms with E-state index < -0.39 is 5.92 Å². The minimum absolute atomic E-state index is 0.0343. The fourth-order valence-corrected chi connectivity index (χ4v) is 1.33. The second-order valence-electron chi connectivity index (χ2n) is 2.85. The molecule has 1 fully saturated rings. The van der Waals surface area contributed by atoms with Crippen molar-refractivity contribution in [3.8, 4) is 6.07 Å². The van der Waals surface area contributed by atoms with Gasteiger partial charge in [0, 0.05) is 18.9 Å². The average Bonchev–Trinajstić information content (AvgIpc) is 2.26. The van der Waals surface area contributed by atoms with Gasteiger partial charge in [0.05, 0.1) is 6.07 Å². The lowest BCUT2D eigenvalue weighted by atomic mass is 10.1. The molecule has 0 amide bonds. The highest BCUT2D eigenvalue weighted by molar-refractivity contribution is 5.06. The van der Waals surface area contributed by atoms with Crippen molar-refractivity contribution in [3.63, 3.8) is 0 Å². The van der Waals surface area contributed by atoms with Gasteiger partial charge in [-0.2, -0.15) is 5.26 Å². The van der Waals surface area contributed by atoms with Gasteiger partial charge in [-0.1, -0.05) is 6.08 Å². The van der Waals surface area contributed by atoms with Gasteiger partial charge in [-0.25, -0.2) is 8.78 Å². The Bertz CT molecular complexity index is 203. The SMILES string of the molecule is N#C/C=C/C1CCC(F)(F)C1. The molecule has 0 bridgehead atoms. The first-order valence-corrected chi connectivity index (χ1v) is 3.58. The Hall–Kier alpha value is -0.910. The molecule has 1 rings (SSSR count). The molecule has 0 spiro atoms. The Labute approximate surface area is 64.3 Å². The molecule has 11 heavy (non-hydrogen) atoms. The maximum Gasteiger partial charge on any atom is 0.248 e. The van der Waals surface area contributed by atoms with Gasteiger partial charge < -0.3 is 0 Å². The van der Waals surface area contributed by atoms with Crippen LogP contribution in [-0.4, -0.2) is 5.92 Å². The van der Waals surface area contributed by atoms with Gasteiger partial charge in [0.15, 0.2) is 0 Å². The molecule has 1 nitrogen and oxygen atoms in total. The van der Waals surface area contributed by atoms with Crippen LogP contribution < -0.4 is 0 Å². The van der Waals surface area contributed by atoms with Crippen LogP contribution in [0.15, 0.2) is 12.2 Å². The van der Waals surface area contributed by atoms with Gasteiger partial charge in [0.25, 0.3) is 0 Å². The Morgan fingerprint density at radius 3 is 2.73 bits per heavy atom. The Kier molecular flexibility index (Phi) is 2.23. The molecule has 60 valence electrons. The smallest absolute Gasteiger partial charge is 0.207 e. The third-order valence-corrected chi connectivity index (χ3v) is 1.88. The largest absolute Gasteiger partial charge is 0.248 e. The lowest BCUT2D eigenvalue weighted by Crippen LogP contribution is -2.08. The van der Waals surface area contributed by atoms with E-state index in [1.165, 1.54) is 6.08 Å². The van der Waals surface area contributed by atoms with Crippen LogP contribution in [0.1, 0.15) is 19.3 Å². The summed E-state index contributed by atoms with van der Waals surface area (Å²) in [4.78, 5) is 0. The second-order valence-corrected chi connectivity index (χ2v) is 2.85. The third-order valence-electron chi connectivity index (χ3n) is 1.88. The number of hydrogen-bond donors (Lipinski definition) is 0. The summed E-state index contributed by atoms with van der Waals surface area (Å²) in [5.41, 5.74) is 0. The van der Waals surface area contributed by atoms with Gasteiger partial charge in [-0.05, 0) is 12.3 Å². The van der Waals surface area contributed by atoms with E-state index in [0.29, 0.717) is 6.42 Å². The predicted octanol–water partition coefficient (Wildman–Crippen LogP) is 2.50. The molecular weight excluding hydrogens is 148 g/mol. The van der Waals surface area contributed by atoms with Crippen LogP contribution in [0.4, 0.5) is 8.78 Å². The highest BCUT2D eigenvalue weighted by atomic mass is 19.3. The Morgan fingerprint density at radius 1 is 1.55 bits per heavy atom. The van der Waals surface area contributed by atoms with Crippen molar-refractivity contribution >= 4 is 0 Å². The summed E-state index contributed by atoms with van der Waals surface area (Å²) in [7, 11) is 0. The van der Waals surface area contributed by atoms with Crippen LogP contribution in [0.25, 0.3) is 0 Å². The highest BCUT2D eigenvalue weighted by Gasteiger charge is 2.37. The molecule has 0 saturated heterocycles. The lowest BCUT2D eigenvalue weighted by molar-refractivity contribution is 0.00677. The van der Waals surface area contributed by atoms with Crippen molar-refractivity contribution < 1.29 is 8.78 Å². The molecule has 0 aliphatic heterocycles. The van der Waals surface area contributed by atoms with Crippen LogP contribution in [0, 0.1) is 17.2 Å². The molecule has 1 aliphatic rings. The Morgan fingerprint density at radius 2 is 2.27 bits per heavy atom. The van der Waals surface area contributed by atoms with Crippen molar-refractivity contribution in [3.05, 3.63) is 12.2 Å². The topological polar surface area (TPSA) is 23.8 Å². The van der Waals surface area contributed by atoms with Crippen molar-refractivity contribution in [2.24, 2.45) is 5.92 Å². The number of allylic oxidation sites excluding steroid dienone is 2. The first-order chi connectivity index (χ1) is 5.14. The molecule has 0 aromatic rings. The molecule has 0 aromatic heterocycles. The van der Waals surface area contributed by atoms with Crippen molar-refractivity contribution in [1.29, 1.82) is 5.26 Å². The van der Waals surface area contributed by atoms with Gasteiger partial charge in [-0.3, -0.25) is 0 Å². The summed E-state index contributed by atoms with van der Waals surface area (Å²) in [6.45, 7) is 0. The maximum atomic E-state index is 12.5. The van der Waals surface area contributed by atoms with Crippen molar-refractivity contribution in [2.45, 2.75) is 25.2 Å². The fourth-order valence-electron chi connectivity index (χ4n) is 1.33. The standard InChI is InChI=1S/C8H9F2N/c9-8(10)4-3-7(6-8)2-1-5-11/h1-2,7H,3-4,6H2/b2-1+. The summed E-state index contributed by atoms with van der Waals surface area (Å²) in [5.74, 6) is -2.59. The van der Waals surface area contributed by atoms with Crippen molar-refractivity contribution in [1.82, 2.24) is 0 Å². The molecule has 0 heterocycles. The van der Waals surface area contributed by atoms with Crippen LogP contribution in [0.2, 0.25) is 0 Å². The molecule has 1 saturated carbocycles. The normalized spacial score (nSPS) is 29.0. The van der Waals surface area contributed by atoms with Gasteiger partial charge in [0.2, 0.25) is 5.92 Å². The zero-order valence-electron chi connectivity index (χ0n) is 6.06. The summed E-state index contributed by atoms with van der Waals surface area (Å²) in [5, 5.41) is 8.13. The summed E-state index contributed by atoms with van der Waals surface area (Å²) >= 11 is 0. The fraction of sp³-hybridized carbons (Fsp3) is 0.625. The van der Waals surface area contributed by atoms with E-state index in [1.807, 2.05) is 0 Å². The van der Waals surface area contributed by atoms with Crippen LogP contribution in [0.3, 0.4) is 0 Å². The lowest BCUT2D eigenvalue weighted by Gasteiger charge is -2.05. The monoisotopic (exact) mass is 157 g/mol. The molecule has 1 atom stereocenters. The summed E-state index contributed by atoms with van der Waals surface area (Å²) in [6, 6.07) is 1.80. The maximum absolute atomic E-state index is 12.5. The van der Waals surface area contributed by atoms with Crippen LogP contribution in [0.5, 0.6) is 0 Å². The quantitative estimate of drug-likeness (QED) is 0.536. The number of halogens is 2. The van der Waals surface area contributed by atoms with E-state index in [9.17, 15) is 8.78 Å². The third kappa shape index (κ3) is 2.30. The van der Waals surface area contributed by atoms with E-state index >= 15 is 0 Å². The zero-order valence-corrected chi connectivity index (χ0v) is 6.06. The van der Waals surface area contributed by atoms with Gasteiger partial charge in [-0.15, -0.1) is 0 Å². The first kappa shape index (κ1) is 8.19. The van der Waals surface area contributed by atoms with Crippen LogP contribution in [-0.2, 0) is 0 Å². The van der Waals surface area contributed by atoms with Crippen molar-refractivity contribution in [2.75, 3.05) is 0 Å². The number of hydrogen-bond acceptors (Lipinski definition) is 1. The summed E-state index contributed by atoms with van der Waals surface area (Å²) < 4.78 is 25.0. The Balaban J connectivity index is 2.44. The molecule has 1 aliphatic carbocycles. The van der Waals surface area contributed by atoms with Crippen LogP contribution >= 0.6 is 0 Å². The first-order valence-electron chi connectivity index (χ1n) is 3.58. The van der Waals surface area contributed by atoms with E-state index in [0.717, 1.165) is 0 Å². The molecule has 0 aromatic carbocycles. The number of rotatable bonds is 1. The molecule has 1 unspecified atom stereocenters. The number of alkyl halides is 2. The van der Waals surface area contributed by atoms with E-state index in [-0.39, 0.29) is 18.8 Å². The van der Waals surface area contributed by atoms with E-state index in [1.54, 1.807) is 12.1 Å². The number of nitriles is 1. The molecule has 3 heteroatoms. The highest BCUT2D eigenvalue weighted by Crippen LogP contribution is 2.39. The second kappa shape index (κ2) is 3.00. The molecule has 0 N–H and O–H groups in total. The summed E-state index contributed by atoms with van der Waals surface area (Å²) in [6.07, 6.45) is 3.23. The molecular formula is C8H9F2N.